The molecule has 0 unspecified atom stereocenters. The number of hydrogen-bond acceptors (Lipinski definition) is 4. The molecule has 2 aromatic rings. The van der Waals surface area contributed by atoms with Crippen LogP contribution in [0.3, 0.4) is 0 Å². The van der Waals surface area contributed by atoms with Crippen LogP contribution in [0, 0.1) is 23.7 Å². The Labute approximate surface area is 195 Å². The van der Waals surface area contributed by atoms with E-state index in [2.05, 4.69) is 0 Å². The first-order chi connectivity index (χ1) is 15.4. The Morgan fingerprint density at radius 3 is 2.16 bits per heavy atom. The molecule has 0 spiro atoms. The summed E-state index contributed by atoms with van der Waals surface area (Å²) in [5, 5.41) is 2.30. The number of hydrazine groups is 1. The van der Waals surface area contributed by atoms with E-state index in [0.29, 0.717) is 10.6 Å². The number of amides is 3. The average molecular weight is 471 g/mol. The van der Waals surface area contributed by atoms with Gasteiger partial charge in [-0.05, 0) is 49.3 Å². The van der Waals surface area contributed by atoms with Crippen LogP contribution in [-0.4, -0.2) is 40.1 Å². The second kappa shape index (κ2) is 8.01. The minimum atomic E-state index is -0.690. The van der Waals surface area contributed by atoms with Crippen LogP contribution in [0.5, 0.6) is 0 Å². The third kappa shape index (κ3) is 3.33. The van der Waals surface area contributed by atoms with Crippen LogP contribution in [0.4, 0.5) is 0 Å². The molecule has 1 aliphatic heterocycles. The van der Waals surface area contributed by atoms with Crippen LogP contribution in [0.1, 0.15) is 40.0 Å². The number of benzene rings is 2. The van der Waals surface area contributed by atoms with Gasteiger partial charge in [0, 0.05) is 10.6 Å². The minimum absolute atomic E-state index is 0.0672. The highest BCUT2D eigenvalue weighted by Crippen LogP contribution is 2.56. The normalized spacial score (nSPS) is 25.9. The van der Waals surface area contributed by atoms with E-state index in [9.17, 15) is 19.2 Å². The Balaban J connectivity index is 1.52. The molecule has 0 N–H and O–H groups in total. The summed E-state index contributed by atoms with van der Waals surface area (Å²) in [6.07, 6.45) is 2.71. The Kier molecular flexibility index (Phi) is 5.30. The number of rotatable bonds is 5. The highest BCUT2D eigenvalue weighted by atomic mass is 35.5. The summed E-state index contributed by atoms with van der Waals surface area (Å²) in [6, 6.07) is 12.8. The van der Waals surface area contributed by atoms with Gasteiger partial charge in [0.1, 0.15) is 6.54 Å². The molecule has 1 saturated heterocycles. The predicted octanol–water partition coefficient (Wildman–Crippen LogP) is 4.26. The van der Waals surface area contributed by atoms with Gasteiger partial charge < -0.3 is 0 Å². The molecule has 4 atom stereocenters. The molecule has 2 aliphatic carbocycles. The summed E-state index contributed by atoms with van der Waals surface area (Å²) in [4.78, 5) is 53.2. The lowest BCUT2D eigenvalue weighted by atomic mass is 9.81. The highest BCUT2D eigenvalue weighted by molar-refractivity contribution is 6.36. The zero-order valence-electron chi connectivity index (χ0n) is 17.0. The van der Waals surface area contributed by atoms with Gasteiger partial charge in [-0.15, -0.1) is 0 Å². The Hall–Kier alpha value is -2.70. The van der Waals surface area contributed by atoms with Gasteiger partial charge in [-0.25, -0.2) is 5.01 Å². The molecule has 3 fully saturated rings. The molecule has 3 aliphatic rings. The second-order valence-electron chi connectivity index (χ2n) is 8.65. The van der Waals surface area contributed by atoms with Crippen molar-refractivity contribution in [2.24, 2.45) is 23.7 Å². The minimum Gasteiger partial charge on any atom is -0.292 e. The number of hydrogen-bond donors (Lipinski definition) is 0. The summed E-state index contributed by atoms with van der Waals surface area (Å²) >= 11 is 12.2. The molecule has 32 heavy (non-hydrogen) atoms. The second-order valence-corrected chi connectivity index (χ2v) is 9.49. The molecule has 8 heteroatoms. The number of carbonyl (C=O) groups is 4. The summed E-state index contributed by atoms with van der Waals surface area (Å²) in [6.45, 7) is -0.450. The lowest BCUT2D eigenvalue weighted by Crippen LogP contribution is -2.52. The maximum Gasteiger partial charge on any atom is 0.274 e. The topological polar surface area (TPSA) is 74.8 Å². The van der Waals surface area contributed by atoms with Crippen LogP contribution in [0.2, 0.25) is 10.0 Å². The van der Waals surface area contributed by atoms with Crippen molar-refractivity contribution in [2.75, 3.05) is 6.54 Å². The van der Waals surface area contributed by atoms with Crippen LogP contribution >= 0.6 is 23.2 Å². The lowest BCUT2D eigenvalue weighted by Gasteiger charge is -2.31. The Morgan fingerprint density at radius 2 is 1.56 bits per heavy atom. The molecule has 2 bridgehead atoms. The van der Waals surface area contributed by atoms with Crippen LogP contribution in [0.25, 0.3) is 0 Å². The number of carbonyl (C=O) groups excluding carboxylic acids is 4. The molecule has 2 saturated carbocycles. The monoisotopic (exact) mass is 470 g/mol. The smallest absolute Gasteiger partial charge is 0.274 e. The molecule has 164 valence electrons. The molecular formula is C24H20Cl2N2O4. The van der Waals surface area contributed by atoms with Gasteiger partial charge in [0.2, 0.25) is 0 Å². The van der Waals surface area contributed by atoms with Crippen LogP contribution < -0.4 is 0 Å². The Bertz CT molecular complexity index is 1110. The number of nitrogens with zero attached hydrogens (tertiary/aromatic N) is 2. The van der Waals surface area contributed by atoms with Gasteiger partial charge in [-0.3, -0.25) is 19.2 Å². The largest absolute Gasteiger partial charge is 0.292 e. The van der Waals surface area contributed by atoms with Crippen molar-refractivity contribution in [3.8, 4) is 0 Å². The van der Waals surface area contributed by atoms with E-state index in [1.807, 2.05) is 0 Å². The standard InChI is InChI=1S/C24H20Cl2N2O4/c25-16-8-9-17(18(26)11-16)22(30)27(12-19(29)13-4-2-1-3-5-13)28-23(31)20-14-6-7-15(10-14)21(20)24(28)32/h1-5,8-9,11,14-15,20-21H,6-7,10,12H2/t14-,15-,20+,21+/m0/s1. The molecule has 0 radical (unpaired) electrons. The predicted molar refractivity (Wildman–Crippen MR) is 118 cm³/mol. The third-order valence-corrected chi connectivity index (χ3v) is 7.48. The fourth-order valence-electron chi connectivity index (χ4n) is 5.52. The first-order valence-electron chi connectivity index (χ1n) is 10.6. The summed E-state index contributed by atoms with van der Waals surface area (Å²) in [5.74, 6) is -2.37. The fraction of sp³-hybridized carbons (Fsp3) is 0.333. The zero-order valence-corrected chi connectivity index (χ0v) is 18.6. The number of imide groups is 1. The quantitative estimate of drug-likeness (QED) is 0.483. The molecular weight excluding hydrogens is 451 g/mol. The van der Waals surface area contributed by atoms with E-state index in [-0.39, 0.29) is 28.2 Å². The van der Waals surface area contributed by atoms with Gasteiger partial charge in [-0.2, -0.15) is 5.01 Å². The van der Waals surface area contributed by atoms with Crippen molar-refractivity contribution >= 4 is 46.7 Å². The molecule has 3 amide bonds. The van der Waals surface area contributed by atoms with Crippen molar-refractivity contribution in [3.63, 3.8) is 0 Å². The summed E-state index contributed by atoms with van der Waals surface area (Å²) in [7, 11) is 0. The van der Waals surface area contributed by atoms with Gasteiger partial charge in [0.05, 0.1) is 22.4 Å². The number of fused-ring (bicyclic) bond motifs is 5. The SMILES string of the molecule is O=C(CN(C(=O)c1ccc(Cl)cc1Cl)N1C(=O)[C@@H]2[C@H]3CC[C@@H](C3)[C@H]2C1=O)c1ccccc1. The number of Topliss-reactive ketones (excluding diaryl/α,β-unsaturated/α-hetero) is 1. The van der Waals surface area contributed by atoms with Crippen LogP contribution in [-0.2, 0) is 9.59 Å². The molecule has 5 rings (SSSR count). The van der Waals surface area contributed by atoms with Crippen molar-refractivity contribution in [3.05, 3.63) is 69.7 Å². The van der Waals surface area contributed by atoms with Crippen molar-refractivity contribution in [2.45, 2.75) is 19.3 Å². The van der Waals surface area contributed by atoms with E-state index in [0.717, 1.165) is 29.3 Å². The van der Waals surface area contributed by atoms with Gasteiger partial charge in [-0.1, -0.05) is 53.5 Å². The highest BCUT2D eigenvalue weighted by Gasteiger charge is 2.62. The van der Waals surface area contributed by atoms with Crippen molar-refractivity contribution in [1.82, 2.24) is 10.0 Å². The average Bonchev–Trinajstić information content (AvgIpc) is 3.46. The fourth-order valence-corrected chi connectivity index (χ4v) is 6.01. The molecule has 6 nitrogen and oxygen atoms in total. The molecule has 2 aromatic carbocycles. The van der Waals surface area contributed by atoms with Crippen molar-refractivity contribution in [1.29, 1.82) is 0 Å². The van der Waals surface area contributed by atoms with Gasteiger partial charge in [0.15, 0.2) is 5.78 Å². The molecule has 0 aromatic heterocycles. The number of halogens is 2. The number of ketones is 1. The van der Waals surface area contributed by atoms with E-state index >= 15 is 0 Å². The van der Waals surface area contributed by atoms with E-state index in [1.165, 1.54) is 18.2 Å². The van der Waals surface area contributed by atoms with E-state index < -0.39 is 36.1 Å². The zero-order chi connectivity index (χ0) is 22.6. The van der Waals surface area contributed by atoms with Gasteiger partial charge in [0.25, 0.3) is 17.7 Å². The van der Waals surface area contributed by atoms with Crippen LogP contribution in [0.15, 0.2) is 48.5 Å². The maximum absolute atomic E-state index is 13.5. The summed E-state index contributed by atoms with van der Waals surface area (Å²) in [5.41, 5.74) is 0.449. The molecule has 1 heterocycles. The van der Waals surface area contributed by atoms with E-state index in [4.69, 9.17) is 23.2 Å². The van der Waals surface area contributed by atoms with Gasteiger partial charge >= 0.3 is 0 Å². The van der Waals surface area contributed by atoms with Crippen molar-refractivity contribution < 1.29 is 19.2 Å². The third-order valence-electron chi connectivity index (χ3n) is 6.93. The van der Waals surface area contributed by atoms with E-state index in [1.54, 1.807) is 30.3 Å². The first-order valence-corrected chi connectivity index (χ1v) is 11.4. The maximum atomic E-state index is 13.5. The lowest BCUT2D eigenvalue weighted by molar-refractivity contribution is -0.154. The summed E-state index contributed by atoms with van der Waals surface area (Å²) < 4.78 is 0. The Morgan fingerprint density at radius 1 is 0.938 bits per heavy atom. The first kappa shape index (κ1) is 21.2.